The Bertz CT molecular complexity index is 932. The van der Waals surface area contributed by atoms with E-state index in [0.29, 0.717) is 42.8 Å². The average Bonchev–Trinajstić information content (AvgIpc) is 3.17. The van der Waals surface area contributed by atoms with E-state index < -0.39 is 16.0 Å². The Morgan fingerprint density at radius 2 is 1.75 bits per heavy atom. The van der Waals surface area contributed by atoms with Gasteiger partial charge >= 0.3 is 5.97 Å². The maximum Gasteiger partial charge on any atom is 0.374 e. The summed E-state index contributed by atoms with van der Waals surface area (Å²) in [7, 11) is -3.82. The fourth-order valence-corrected chi connectivity index (χ4v) is 4.78. The molecule has 1 aliphatic heterocycles. The van der Waals surface area contributed by atoms with Crippen molar-refractivity contribution in [3.05, 3.63) is 51.7 Å². The lowest BCUT2D eigenvalue weighted by Gasteiger charge is -2.33. The number of halogens is 2. The van der Waals surface area contributed by atoms with Gasteiger partial charge in [-0.05, 0) is 31.2 Å². The Morgan fingerprint density at radius 1 is 1.11 bits per heavy atom. The van der Waals surface area contributed by atoms with Crippen LogP contribution in [0.2, 0.25) is 10.0 Å². The predicted molar refractivity (Wildman–Crippen MR) is 105 cm³/mol. The van der Waals surface area contributed by atoms with Gasteiger partial charge in [-0.25, -0.2) is 13.2 Å². The third kappa shape index (κ3) is 4.52. The maximum absolute atomic E-state index is 12.8. The molecule has 0 spiro atoms. The van der Waals surface area contributed by atoms with Gasteiger partial charge in [-0.1, -0.05) is 29.3 Å². The molecule has 2 heterocycles. The van der Waals surface area contributed by atoms with Crippen molar-refractivity contribution in [3.63, 3.8) is 0 Å². The topological polar surface area (TPSA) is 80.1 Å². The number of esters is 1. The second kappa shape index (κ2) is 8.84. The molecule has 1 aliphatic rings. The largest absolute Gasteiger partial charge is 0.460 e. The number of ether oxygens (including phenoxy) is 1. The summed E-state index contributed by atoms with van der Waals surface area (Å²) in [6.45, 7) is 4.01. The van der Waals surface area contributed by atoms with Crippen molar-refractivity contribution in [2.24, 2.45) is 0 Å². The Balaban J connectivity index is 1.65. The number of rotatable bonds is 6. The molecular formula is C18H20Cl2N2O5S. The number of furan rings is 1. The molecule has 2 aromatic rings. The molecule has 0 amide bonds. The number of benzene rings is 1. The van der Waals surface area contributed by atoms with Gasteiger partial charge in [0, 0.05) is 48.3 Å². The summed E-state index contributed by atoms with van der Waals surface area (Å²) in [5.41, 5.74) is 0.826. The molecule has 1 fully saturated rings. The van der Waals surface area contributed by atoms with Gasteiger partial charge in [0.15, 0.2) is 0 Å². The average molecular weight is 447 g/mol. The highest BCUT2D eigenvalue weighted by Crippen LogP contribution is 2.27. The van der Waals surface area contributed by atoms with Crippen LogP contribution in [0.3, 0.4) is 0 Å². The second-order valence-electron chi connectivity index (χ2n) is 6.22. The molecule has 28 heavy (non-hydrogen) atoms. The molecule has 0 bridgehead atoms. The van der Waals surface area contributed by atoms with Crippen LogP contribution < -0.4 is 0 Å². The predicted octanol–water partition coefficient (Wildman–Crippen LogP) is 3.27. The molecule has 0 aliphatic carbocycles. The van der Waals surface area contributed by atoms with Crippen LogP contribution in [0.1, 0.15) is 23.0 Å². The van der Waals surface area contributed by atoms with Crippen LogP contribution in [0.4, 0.5) is 0 Å². The lowest BCUT2D eigenvalue weighted by Crippen LogP contribution is -2.48. The number of carbonyl (C=O) groups excluding carboxylic acids is 1. The molecule has 1 saturated heterocycles. The molecule has 0 N–H and O–H groups in total. The van der Waals surface area contributed by atoms with Crippen LogP contribution in [0.15, 0.2) is 39.8 Å². The van der Waals surface area contributed by atoms with Crippen molar-refractivity contribution in [2.45, 2.75) is 18.6 Å². The van der Waals surface area contributed by atoms with Gasteiger partial charge in [-0.2, -0.15) is 4.31 Å². The smallest absolute Gasteiger partial charge is 0.374 e. The normalized spacial score (nSPS) is 16.2. The summed E-state index contributed by atoms with van der Waals surface area (Å²) in [5, 5.41) is 0.910. The van der Waals surface area contributed by atoms with Crippen molar-refractivity contribution in [1.82, 2.24) is 9.21 Å². The monoisotopic (exact) mass is 446 g/mol. The summed E-state index contributed by atoms with van der Waals surface area (Å²) >= 11 is 12.4. The molecule has 1 aromatic carbocycles. The Hall–Kier alpha value is -1.58. The Morgan fingerprint density at radius 3 is 2.36 bits per heavy atom. The highest BCUT2D eigenvalue weighted by Gasteiger charge is 2.32. The zero-order chi connectivity index (χ0) is 20.3. The van der Waals surface area contributed by atoms with Gasteiger partial charge in [0.05, 0.1) is 6.61 Å². The lowest BCUT2D eigenvalue weighted by molar-refractivity contribution is 0.0483. The standard InChI is InChI=1S/C18H20Cl2N2O5S/c1-2-26-18(23)16-6-7-17(27-16)28(24,25)22-10-8-21(9-11-22)12-13-14(19)4-3-5-15(13)20/h3-7H,2,8-12H2,1H3. The minimum absolute atomic E-state index is 0.132. The highest BCUT2D eigenvalue weighted by atomic mass is 35.5. The molecule has 152 valence electrons. The first-order chi connectivity index (χ1) is 13.3. The SMILES string of the molecule is CCOC(=O)c1ccc(S(=O)(=O)N2CCN(Cc3c(Cl)cccc3Cl)CC2)o1. The summed E-state index contributed by atoms with van der Waals surface area (Å²) < 4.78 is 36.9. The third-order valence-corrected chi connectivity index (χ3v) is 6.91. The van der Waals surface area contributed by atoms with E-state index in [1.807, 2.05) is 0 Å². The molecule has 7 nitrogen and oxygen atoms in total. The van der Waals surface area contributed by atoms with Crippen molar-refractivity contribution >= 4 is 39.2 Å². The zero-order valence-corrected chi connectivity index (χ0v) is 17.6. The first-order valence-electron chi connectivity index (χ1n) is 8.75. The fraction of sp³-hybridized carbons (Fsp3) is 0.389. The van der Waals surface area contributed by atoms with E-state index in [9.17, 15) is 13.2 Å². The van der Waals surface area contributed by atoms with E-state index in [4.69, 9.17) is 32.4 Å². The van der Waals surface area contributed by atoms with E-state index in [1.165, 1.54) is 16.4 Å². The summed E-state index contributed by atoms with van der Waals surface area (Å²) in [5.74, 6) is -0.821. The Kier molecular flexibility index (Phi) is 6.67. The summed E-state index contributed by atoms with van der Waals surface area (Å²) in [4.78, 5) is 13.8. The number of hydrogen-bond donors (Lipinski definition) is 0. The van der Waals surface area contributed by atoms with Gasteiger partial charge in [-0.3, -0.25) is 4.90 Å². The van der Waals surface area contributed by atoms with Crippen molar-refractivity contribution in [2.75, 3.05) is 32.8 Å². The van der Waals surface area contributed by atoms with Crippen LogP contribution in [-0.2, 0) is 21.3 Å². The van der Waals surface area contributed by atoms with Crippen LogP contribution in [-0.4, -0.2) is 56.4 Å². The van der Waals surface area contributed by atoms with Crippen LogP contribution in [0, 0.1) is 0 Å². The molecular weight excluding hydrogens is 427 g/mol. The van der Waals surface area contributed by atoms with E-state index in [-0.39, 0.29) is 17.5 Å². The summed E-state index contributed by atoms with van der Waals surface area (Å²) in [6.07, 6.45) is 0. The van der Waals surface area contributed by atoms with Gasteiger partial charge in [0.1, 0.15) is 0 Å². The van der Waals surface area contributed by atoms with Crippen molar-refractivity contribution in [3.8, 4) is 0 Å². The van der Waals surface area contributed by atoms with E-state index >= 15 is 0 Å². The van der Waals surface area contributed by atoms with Crippen LogP contribution >= 0.6 is 23.2 Å². The molecule has 3 rings (SSSR count). The van der Waals surface area contributed by atoms with Crippen LogP contribution in [0.5, 0.6) is 0 Å². The maximum atomic E-state index is 12.8. The quantitative estimate of drug-likeness (QED) is 0.633. The fourth-order valence-electron chi connectivity index (χ4n) is 2.93. The molecule has 1 aromatic heterocycles. The number of nitrogens with zero attached hydrogens (tertiary/aromatic N) is 2. The molecule has 0 radical (unpaired) electrons. The molecule has 0 saturated carbocycles. The molecule has 10 heteroatoms. The zero-order valence-electron chi connectivity index (χ0n) is 15.2. The summed E-state index contributed by atoms with van der Waals surface area (Å²) in [6, 6.07) is 7.92. The number of piperazine rings is 1. The van der Waals surface area contributed by atoms with Gasteiger partial charge in [0.2, 0.25) is 10.9 Å². The van der Waals surface area contributed by atoms with Gasteiger partial charge in [-0.15, -0.1) is 0 Å². The van der Waals surface area contributed by atoms with E-state index in [0.717, 1.165) is 5.56 Å². The molecule has 0 atom stereocenters. The second-order valence-corrected chi connectivity index (χ2v) is 8.90. The number of carbonyl (C=O) groups is 1. The highest BCUT2D eigenvalue weighted by molar-refractivity contribution is 7.89. The molecule has 0 unspecified atom stereocenters. The van der Waals surface area contributed by atoms with Crippen LogP contribution in [0.25, 0.3) is 0 Å². The third-order valence-electron chi connectivity index (χ3n) is 4.43. The minimum Gasteiger partial charge on any atom is -0.460 e. The minimum atomic E-state index is -3.82. The first kappa shape index (κ1) is 21.1. The number of hydrogen-bond acceptors (Lipinski definition) is 6. The van der Waals surface area contributed by atoms with E-state index in [2.05, 4.69) is 4.90 Å². The first-order valence-corrected chi connectivity index (χ1v) is 10.9. The lowest BCUT2D eigenvalue weighted by atomic mass is 10.2. The van der Waals surface area contributed by atoms with Crippen molar-refractivity contribution < 1.29 is 22.4 Å². The number of sulfonamides is 1. The van der Waals surface area contributed by atoms with Gasteiger partial charge < -0.3 is 9.15 Å². The van der Waals surface area contributed by atoms with E-state index in [1.54, 1.807) is 25.1 Å². The van der Waals surface area contributed by atoms with Crippen molar-refractivity contribution in [1.29, 1.82) is 0 Å². The van der Waals surface area contributed by atoms with Gasteiger partial charge in [0.25, 0.3) is 10.0 Å². The Labute approximate surface area is 173 Å².